The van der Waals surface area contributed by atoms with E-state index in [9.17, 15) is 0 Å². The van der Waals surface area contributed by atoms with Crippen molar-refractivity contribution < 1.29 is 4.74 Å². The molecule has 0 radical (unpaired) electrons. The molecule has 6 heteroatoms. The van der Waals surface area contributed by atoms with Gasteiger partial charge in [0.25, 0.3) is 0 Å². The molecule has 2 aromatic heterocycles. The van der Waals surface area contributed by atoms with Gasteiger partial charge in [0.15, 0.2) is 0 Å². The van der Waals surface area contributed by atoms with Crippen LogP contribution in [-0.4, -0.2) is 21.4 Å². The molecule has 1 fully saturated rings. The van der Waals surface area contributed by atoms with Gasteiger partial charge >= 0.3 is 0 Å². The van der Waals surface area contributed by atoms with E-state index in [0.29, 0.717) is 18.1 Å². The number of pyridine rings is 1. The fourth-order valence-corrected chi connectivity index (χ4v) is 2.31. The molecule has 1 aliphatic heterocycles. The summed E-state index contributed by atoms with van der Waals surface area (Å²) >= 11 is 0. The lowest BCUT2D eigenvalue weighted by atomic mass is 10.2. The third-order valence-corrected chi connectivity index (χ3v) is 3.40. The molecule has 3 N–H and O–H groups in total. The van der Waals surface area contributed by atoms with Crippen molar-refractivity contribution in [2.24, 2.45) is 0 Å². The molecule has 3 rings (SSSR count). The van der Waals surface area contributed by atoms with Gasteiger partial charge in [-0.25, -0.2) is 9.67 Å². The topological polar surface area (TPSA) is 78.0 Å². The van der Waals surface area contributed by atoms with Crippen LogP contribution in [0.2, 0.25) is 0 Å². The van der Waals surface area contributed by atoms with Gasteiger partial charge in [-0.05, 0) is 31.4 Å². The van der Waals surface area contributed by atoms with Crippen LogP contribution < -0.4 is 11.1 Å². The number of hydrogen-bond acceptors (Lipinski definition) is 5. The first-order valence-corrected chi connectivity index (χ1v) is 6.92. The number of nitrogens with one attached hydrogen (secondary N) is 1. The van der Waals surface area contributed by atoms with Crippen molar-refractivity contribution in [3.8, 4) is 0 Å². The highest BCUT2D eigenvalue weighted by atomic mass is 16.5. The van der Waals surface area contributed by atoms with Crippen molar-refractivity contribution in [3.63, 3.8) is 0 Å². The van der Waals surface area contributed by atoms with Crippen LogP contribution in [0.25, 0.3) is 0 Å². The molecular weight excluding hydrogens is 254 g/mol. The summed E-state index contributed by atoms with van der Waals surface area (Å²) in [6, 6.07) is 3.65. The second-order valence-electron chi connectivity index (χ2n) is 4.94. The van der Waals surface area contributed by atoms with E-state index < -0.39 is 0 Å². The molecule has 2 aromatic rings. The Labute approximate surface area is 118 Å². The van der Waals surface area contributed by atoms with E-state index in [4.69, 9.17) is 10.5 Å². The maximum atomic E-state index is 5.84. The Hall–Kier alpha value is -2.08. The van der Waals surface area contributed by atoms with Gasteiger partial charge in [-0.1, -0.05) is 0 Å². The minimum Gasteiger partial charge on any atom is -0.396 e. The lowest BCUT2D eigenvalue weighted by Gasteiger charge is -2.22. The summed E-state index contributed by atoms with van der Waals surface area (Å²) in [5.41, 5.74) is 7.58. The van der Waals surface area contributed by atoms with Crippen LogP contribution in [0.15, 0.2) is 30.7 Å². The monoisotopic (exact) mass is 273 g/mol. The minimum absolute atomic E-state index is 0.0809. The van der Waals surface area contributed by atoms with Gasteiger partial charge in [-0.2, -0.15) is 5.10 Å². The molecule has 0 spiro atoms. The summed E-state index contributed by atoms with van der Waals surface area (Å²) in [6.07, 6.45) is 9.04. The summed E-state index contributed by atoms with van der Waals surface area (Å²) < 4.78 is 7.61. The number of anilines is 2. The van der Waals surface area contributed by atoms with E-state index in [-0.39, 0.29) is 6.23 Å². The molecule has 20 heavy (non-hydrogen) atoms. The van der Waals surface area contributed by atoms with Crippen molar-refractivity contribution in [2.75, 3.05) is 17.7 Å². The van der Waals surface area contributed by atoms with Crippen molar-refractivity contribution in [1.82, 2.24) is 14.8 Å². The van der Waals surface area contributed by atoms with E-state index in [1.54, 1.807) is 6.20 Å². The number of hydrogen-bond donors (Lipinski definition) is 2. The molecule has 1 unspecified atom stereocenters. The molecule has 1 aliphatic rings. The van der Waals surface area contributed by atoms with Crippen molar-refractivity contribution in [1.29, 1.82) is 0 Å². The maximum absolute atomic E-state index is 5.84. The number of nitrogens with two attached hydrogens (primary N) is 1. The minimum atomic E-state index is 0.0809. The number of ether oxygens (including phenoxy) is 1. The average molecular weight is 273 g/mol. The molecule has 0 saturated carbocycles. The van der Waals surface area contributed by atoms with Crippen LogP contribution in [0, 0.1) is 0 Å². The Morgan fingerprint density at radius 1 is 1.45 bits per heavy atom. The van der Waals surface area contributed by atoms with Crippen LogP contribution in [0.5, 0.6) is 0 Å². The third-order valence-electron chi connectivity index (χ3n) is 3.40. The zero-order chi connectivity index (χ0) is 13.8. The summed E-state index contributed by atoms with van der Waals surface area (Å²) in [7, 11) is 0. The summed E-state index contributed by atoms with van der Waals surface area (Å²) in [6.45, 7) is 1.47. The van der Waals surface area contributed by atoms with Gasteiger partial charge in [-0.3, -0.25) is 0 Å². The molecule has 6 nitrogen and oxygen atoms in total. The Bertz CT molecular complexity index is 562. The van der Waals surface area contributed by atoms with Gasteiger partial charge in [0.05, 0.1) is 11.9 Å². The van der Waals surface area contributed by atoms with E-state index in [1.165, 1.54) is 6.42 Å². The molecule has 0 amide bonds. The van der Waals surface area contributed by atoms with Crippen molar-refractivity contribution in [2.45, 2.75) is 32.0 Å². The Morgan fingerprint density at radius 3 is 3.20 bits per heavy atom. The molecule has 0 aromatic carbocycles. The lowest BCUT2D eigenvalue weighted by molar-refractivity contribution is -0.0395. The molecule has 3 heterocycles. The van der Waals surface area contributed by atoms with Crippen LogP contribution in [0.4, 0.5) is 11.5 Å². The Kier molecular flexibility index (Phi) is 3.83. The smallest absolute Gasteiger partial charge is 0.150 e. The van der Waals surface area contributed by atoms with Crippen LogP contribution in [-0.2, 0) is 11.3 Å². The SMILES string of the molecule is Nc1cccnc1NCc1cnn(C2CCCCO2)c1. The first kappa shape index (κ1) is 12.9. The van der Waals surface area contributed by atoms with Crippen LogP contribution in [0.3, 0.4) is 0 Å². The Morgan fingerprint density at radius 2 is 2.40 bits per heavy atom. The van der Waals surface area contributed by atoms with Crippen molar-refractivity contribution >= 4 is 11.5 Å². The molecule has 106 valence electrons. The molecule has 0 aliphatic carbocycles. The number of aromatic nitrogens is 3. The lowest BCUT2D eigenvalue weighted by Crippen LogP contribution is -2.18. The highest BCUT2D eigenvalue weighted by molar-refractivity contribution is 5.60. The second-order valence-corrected chi connectivity index (χ2v) is 4.94. The summed E-state index contributed by atoms with van der Waals surface area (Å²) in [5.74, 6) is 0.703. The van der Waals surface area contributed by atoms with Crippen LogP contribution in [0.1, 0.15) is 31.1 Å². The predicted octanol–water partition coefficient (Wildman–Crippen LogP) is 2.17. The van der Waals surface area contributed by atoms with Gasteiger partial charge < -0.3 is 15.8 Å². The first-order valence-electron chi connectivity index (χ1n) is 6.92. The zero-order valence-corrected chi connectivity index (χ0v) is 11.3. The third kappa shape index (κ3) is 2.91. The number of rotatable bonds is 4. The van der Waals surface area contributed by atoms with E-state index in [2.05, 4.69) is 15.4 Å². The van der Waals surface area contributed by atoms with Gasteiger partial charge in [-0.15, -0.1) is 0 Å². The normalized spacial score (nSPS) is 18.9. The van der Waals surface area contributed by atoms with Crippen molar-refractivity contribution in [3.05, 3.63) is 36.3 Å². The first-order chi connectivity index (χ1) is 9.83. The molecule has 1 atom stereocenters. The van der Waals surface area contributed by atoms with Gasteiger partial charge in [0.2, 0.25) is 0 Å². The largest absolute Gasteiger partial charge is 0.396 e. The van der Waals surface area contributed by atoms with Crippen LogP contribution >= 0.6 is 0 Å². The molecule has 1 saturated heterocycles. The highest BCUT2D eigenvalue weighted by Gasteiger charge is 2.16. The van der Waals surface area contributed by atoms with Gasteiger partial charge in [0, 0.05) is 31.1 Å². The van der Waals surface area contributed by atoms with E-state index in [0.717, 1.165) is 25.0 Å². The highest BCUT2D eigenvalue weighted by Crippen LogP contribution is 2.22. The number of nitrogens with zero attached hydrogens (tertiary/aromatic N) is 3. The zero-order valence-electron chi connectivity index (χ0n) is 11.3. The second kappa shape index (κ2) is 5.92. The van der Waals surface area contributed by atoms with Gasteiger partial charge in [0.1, 0.15) is 12.0 Å². The molecular formula is C14H19N5O. The van der Waals surface area contributed by atoms with E-state index in [1.807, 2.05) is 29.2 Å². The fourth-order valence-electron chi connectivity index (χ4n) is 2.31. The van der Waals surface area contributed by atoms with E-state index >= 15 is 0 Å². The molecule has 0 bridgehead atoms. The number of nitrogen functional groups attached to an aromatic ring is 1. The summed E-state index contributed by atoms with van der Waals surface area (Å²) in [4.78, 5) is 4.20. The Balaban J connectivity index is 1.61. The maximum Gasteiger partial charge on any atom is 0.150 e. The average Bonchev–Trinajstić information content (AvgIpc) is 2.96. The summed E-state index contributed by atoms with van der Waals surface area (Å²) in [5, 5.41) is 7.59. The standard InChI is InChI=1S/C14H19N5O/c15-12-4-3-6-16-14(12)17-8-11-9-18-19(10-11)13-5-1-2-7-20-13/h3-4,6,9-10,13H,1-2,5,7-8,15H2,(H,16,17). The fraction of sp³-hybridized carbons (Fsp3) is 0.429. The quantitative estimate of drug-likeness (QED) is 0.892. The predicted molar refractivity (Wildman–Crippen MR) is 77.0 cm³/mol.